The summed E-state index contributed by atoms with van der Waals surface area (Å²) in [5.74, 6) is 0. The van der Waals surface area contributed by atoms with E-state index < -0.39 is 16.3 Å². The van der Waals surface area contributed by atoms with Gasteiger partial charge in [0.15, 0.2) is 0 Å². The zero-order valence-corrected chi connectivity index (χ0v) is 13.5. The van der Waals surface area contributed by atoms with Crippen LogP contribution in [0.3, 0.4) is 0 Å². The first kappa shape index (κ1) is 17.7. The van der Waals surface area contributed by atoms with E-state index in [0.29, 0.717) is 0 Å². The molecule has 0 aromatic carbocycles. The molecule has 108 valence electrons. The highest BCUT2D eigenvalue weighted by Gasteiger charge is 2.20. The molecule has 0 aliphatic rings. The molecule has 0 rings (SSSR count). The average molecular weight is 345 g/mol. The lowest BCUT2D eigenvalue weighted by molar-refractivity contribution is 0.158. The molecule has 18 heavy (non-hydrogen) atoms. The second kappa shape index (κ2) is 7.30. The molecular formula is C10H21BrN2O4S. The smallest absolute Gasteiger partial charge is 0.421 e. The van der Waals surface area contributed by atoms with Crippen molar-refractivity contribution in [3.05, 3.63) is 0 Å². The van der Waals surface area contributed by atoms with Crippen LogP contribution in [0.2, 0.25) is 0 Å². The lowest BCUT2D eigenvalue weighted by atomic mass is 9.91. The summed E-state index contributed by atoms with van der Waals surface area (Å²) in [5, 5.41) is 0. The summed E-state index contributed by atoms with van der Waals surface area (Å²) in [7, 11) is -3.86. The van der Waals surface area contributed by atoms with Crippen molar-refractivity contribution in [3.63, 3.8) is 0 Å². The predicted octanol–water partition coefficient (Wildman–Crippen LogP) is 1.77. The topological polar surface area (TPSA) is 84.5 Å². The van der Waals surface area contributed by atoms with Gasteiger partial charge >= 0.3 is 16.3 Å². The SMILES string of the molecule is CCOC(=O)NS(=O)(=O)NCC(Br)CC(C)(C)C. The van der Waals surface area contributed by atoms with Crippen molar-refractivity contribution in [3.8, 4) is 0 Å². The molecule has 1 unspecified atom stereocenters. The van der Waals surface area contributed by atoms with Crippen molar-refractivity contribution in [1.82, 2.24) is 9.44 Å². The van der Waals surface area contributed by atoms with E-state index in [9.17, 15) is 13.2 Å². The Morgan fingerprint density at radius 2 is 1.94 bits per heavy atom. The van der Waals surface area contributed by atoms with E-state index in [1.54, 1.807) is 11.6 Å². The number of ether oxygens (including phenoxy) is 1. The van der Waals surface area contributed by atoms with E-state index in [2.05, 4.69) is 46.2 Å². The number of amides is 1. The molecule has 8 heteroatoms. The van der Waals surface area contributed by atoms with Gasteiger partial charge in [0.05, 0.1) is 6.61 Å². The van der Waals surface area contributed by atoms with Crippen LogP contribution in [-0.2, 0) is 14.9 Å². The zero-order valence-electron chi connectivity index (χ0n) is 11.1. The quantitative estimate of drug-likeness (QED) is 0.719. The number of nitrogens with one attached hydrogen (secondary N) is 2. The lowest BCUT2D eigenvalue weighted by Gasteiger charge is -2.22. The van der Waals surface area contributed by atoms with E-state index in [4.69, 9.17) is 0 Å². The van der Waals surface area contributed by atoms with E-state index in [-0.39, 0.29) is 23.4 Å². The Morgan fingerprint density at radius 1 is 1.39 bits per heavy atom. The summed E-state index contributed by atoms with van der Waals surface area (Å²) in [6.45, 7) is 8.10. The van der Waals surface area contributed by atoms with Crippen LogP contribution in [0, 0.1) is 5.41 Å². The van der Waals surface area contributed by atoms with Gasteiger partial charge in [-0.2, -0.15) is 13.1 Å². The largest absolute Gasteiger partial charge is 0.449 e. The highest BCUT2D eigenvalue weighted by Crippen LogP contribution is 2.24. The number of carbonyl (C=O) groups excluding carboxylic acids is 1. The number of rotatable bonds is 6. The van der Waals surface area contributed by atoms with Gasteiger partial charge in [-0.1, -0.05) is 36.7 Å². The summed E-state index contributed by atoms with van der Waals surface area (Å²) in [5.41, 5.74) is 0.0914. The Morgan fingerprint density at radius 3 is 2.39 bits per heavy atom. The fourth-order valence-electron chi connectivity index (χ4n) is 1.24. The van der Waals surface area contributed by atoms with Crippen molar-refractivity contribution < 1.29 is 17.9 Å². The van der Waals surface area contributed by atoms with Crippen molar-refractivity contribution >= 4 is 32.2 Å². The third-order valence-electron chi connectivity index (χ3n) is 1.82. The zero-order chi connectivity index (χ0) is 14.4. The van der Waals surface area contributed by atoms with Crippen LogP contribution in [0.5, 0.6) is 0 Å². The van der Waals surface area contributed by atoms with Gasteiger partial charge in [0.2, 0.25) is 0 Å². The lowest BCUT2D eigenvalue weighted by Crippen LogP contribution is -2.42. The van der Waals surface area contributed by atoms with E-state index in [1.807, 2.05) is 0 Å². The number of hydrogen-bond donors (Lipinski definition) is 2. The molecule has 0 spiro atoms. The molecule has 0 aromatic heterocycles. The maximum atomic E-state index is 11.4. The summed E-state index contributed by atoms with van der Waals surface area (Å²) in [6.07, 6.45) is -0.179. The average Bonchev–Trinajstić information content (AvgIpc) is 2.11. The summed E-state index contributed by atoms with van der Waals surface area (Å²) < 4.78 is 31.4. The van der Waals surface area contributed by atoms with E-state index >= 15 is 0 Å². The molecular weight excluding hydrogens is 324 g/mol. The second-order valence-electron chi connectivity index (χ2n) is 5.04. The molecule has 1 amide bonds. The maximum absolute atomic E-state index is 11.4. The molecule has 0 aliphatic heterocycles. The molecule has 0 bridgehead atoms. The first-order chi connectivity index (χ1) is 8.06. The maximum Gasteiger partial charge on any atom is 0.421 e. The van der Waals surface area contributed by atoms with Crippen molar-refractivity contribution in [2.45, 2.75) is 38.9 Å². The Balaban J connectivity index is 4.15. The van der Waals surface area contributed by atoms with Gasteiger partial charge in [0, 0.05) is 11.4 Å². The van der Waals surface area contributed by atoms with Crippen LogP contribution in [0.1, 0.15) is 34.1 Å². The summed E-state index contributed by atoms with van der Waals surface area (Å²) >= 11 is 3.39. The van der Waals surface area contributed by atoms with E-state index in [1.165, 1.54) is 0 Å². The Bertz CT molecular complexity index is 365. The molecule has 0 aromatic rings. The monoisotopic (exact) mass is 344 g/mol. The standard InChI is InChI=1S/C10H21BrN2O4S/c1-5-17-9(14)13-18(15,16)12-7-8(11)6-10(2,3)4/h8,12H,5-7H2,1-4H3,(H,13,14). The second-order valence-corrected chi connectivity index (χ2v) is 7.83. The minimum atomic E-state index is -3.86. The number of carbonyl (C=O) groups is 1. The van der Waals surface area contributed by atoms with Crippen molar-refractivity contribution in [2.75, 3.05) is 13.2 Å². The molecule has 0 radical (unpaired) electrons. The van der Waals surface area contributed by atoms with Crippen LogP contribution in [0.15, 0.2) is 0 Å². The Hall–Kier alpha value is -0.340. The number of alkyl halides is 1. The highest BCUT2D eigenvalue weighted by molar-refractivity contribution is 9.09. The van der Waals surface area contributed by atoms with Crippen molar-refractivity contribution in [2.24, 2.45) is 5.41 Å². The minimum absolute atomic E-state index is 0.00345. The fraction of sp³-hybridized carbons (Fsp3) is 0.900. The highest BCUT2D eigenvalue weighted by atomic mass is 79.9. The Labute approximate surface area is 117 Å². The molecule has 0 saturated carbocycles. The normalized spacial score (nSPS) is 14.1. The van der Waals surface area contributed by atoms with E-state index in [0.717, 1.165) is 6.42 Å². The molecule has 0 aliphatic carbocycles. The van der Waals surface area contributed by atoms with Crippen LogP contribution < -0.4 is 9.44 Å². The van der Waals surface area contributed by atoms with Crippen LogP contribution in [0.4, 0.5) is 4.79 Å². The van der Waals surface area contributed by atoms with Gasteiger partial charge in [-0.3, -0.25) is 0 Å². The predicted molar refractivity (Wildman–Crippen MR) is 73.9 cm³/mol. The van der Waals surface area contributed by atoms with Crippen LogP contribution in [0.25, 0.3) is 0 Å². The third kappa shape index (κ3) is 9.67. The molecule has 0 fully saturated rings. The molecule has 2 N–H and O–H groups in total. The molecule has 1 atom stereocenters. The van der Waals surface area contributed by atoms with Gasteiger partial charge in [-0.25, -0.2) is 9.52 Å². The minimum Gasteiger partial charge on any atom is -0.449 e. The number of halogens is 1. The van der Waals surface area contributed by atoms with Gasteiger partial charge < -0.3 is 4.74 Å². The summed E-state index contributed by atoms with van der Waals surface area (Å²) in [6, 6.07) is 0. The van der Waals surface area contributed by atoms with Crippen LogP contribution in [-0.4, -0.2) is 32.5 Å². The molecule has 0 saturated heterocycles. The van der Waals surface area contributed by atoms with Gasteiger partial charge in [0.25, 0.3) is 0 Å². The van der Waals surface area contributed by atoms with Crippen LogP contribution >= 0.6 is 15.9 Å². The summed E-state index contributed by atoms with van der Waals surface area (Å²) in [4.78, 5) is 11.0. The third-order valence-corrected chi connectivity index (χ3v) is 3.45. The first-order valence-corrected chi connectivity index (χ1v) is 8.04. The molecule has 0 heterocycles. The van der Waals surface area contributed by atoms with Crippen molar-refractivity contribution in [1.29, 1.82) is 0 Å². The molecule has 6 nitrogen and oxygen atoms in total. The Kier molecular flexibility index (Phi) is 7.16. The number of hydrogen-bond acceptors (Lipinski definition) is 4. The first-order valence-electron chi connectivity index (χ1n) is 5.64. The fourth-order valence-corrected chi connectivity index (χ4v) is 3.36. The van der Waals surface area contributed by atoms with Gasteiger partial charge in [0.1, 0.15) is 0 Å². The van der Waals surface area contributed by atoms with Gasteiger partial charge in [-0.15, -0.1) is 0 Å². The van der Waals surface area contributed by atoms with Gasteiger partial charge in [-0.05, 0) is 18.8 Å².